The third-order valence-corrected chi connectivity index (χ3v) is 1.65. The van der Waals surface area contributed by atoms with E-state index in [1.807, 2.05) is 0 Å². The van der Waals surface area contributed by atoms with Crippen molar-refractivity contribution in [3.05, 3.63) is 0 Å². The Kier molecular flexibility index (Phi) is 2.68. The summed E-state index contributed by atoms with van der Waals surface area (Å²) in [6, 6.07) is -0.202. The van der Waals surface area contributed by atoms with Gasteiger partial charge in [0, 0.05) is 6.00 Å². The maximum atomic E-state index is 9.13. The van der Waals surface area contributed by atoms with Gasteiger partial charge in [-0.1, -0.05) is 0 Å². The Hall–Kier alpha value is -0.0951. The van der Waals surface area contributed by atoms with E-state index >= 15 is 0 Å². The van der Waals surface area contributed by atoms with Crippen LogP contribution in [-0.4, -0.2) is 42.4 Å². The van der Waals surface area contributed by atoms with Gasteiger partial charge < -0.3 is 20.6 Å². The first-order valence-electron chi connectivity index (χ1n) is 3.27. The van der Waals surface area contributed by atoms with Crippen molar-refractivity contribution in [3.8, 4) is 0 Å². The van der Waals surface area contributed by atoms with Crippen molar-refractivity contribution in [2.45, 2.75) is 24.6 Å². The fraction of sp³-hybridized carbons (Fsp3) is 1.00. The summed E-state index contributed by atoms with van der Waals surface area (Å²) in [6.45, 7) is -0.147. The Bertz CT molecular complexity index is 113. The fourth-order valence-corrected chi connectivity index (χ4v) is 1.05. The number of aliphatic hydroxyl groups excluding tert-OH is 2. The van der Waals surface area contributed by atoms with Crippen LogP contribution < -0.4 is 5.64 Å². The van der Waals surface area contributed by atoms with Gasteiger partial charge in [-0.05, 0) is 6.42 Å². The van der Waals surface area contributed by atoms with E-state index in [2.05, 4.69) is 0 Å². The Balaban J connectivity index is 2.36. The van der Waals surface area contributed by atoms with Crippen LogP contribution in [0.3, 0.4) is 0 Å². The van der Waals surface area contributed by atoms with Gasteiger partial charge in [0.2, 0.25) is 7.41 Å². The van der Waals surface area contributed by atoms with Crippen molar-refractivity contribution in [2.24, 2.45) is 5.64 Å². The molecule has 0 saturated carbocycles. The van der Waals surface area contributed by atoms with Crippen LogP contribution in [0.4, 0.5) is 0 Å². The summed E-state index contributed by atoms with van der Waals surface area (Å²) in [5.74, 6) is 0. The Morgan fingerprint density at radius 1 is 1.70 bits per heavy atom. The fourth-order valence-electron chi connectivity index (χ4n) is 1.05. The molecular weight excluding hydrogens is 133 g/mol. The molecule has 1 rings (SSSR count). The molecule has 1 aliphatic rings. The Morgan fingerprint density at radius 2 is 2.40 bits per heavy atom. The van der Waals surface area contributed by atoms with Crippen molar-refractivity contribution in [1.29, 1.82) is 0 Å². The first-order valence-corrected chi connectivity index (χ1v) is 3.27. The number of hydrogen-bond donors (Lipinski definition) is 3. The standard InChI is InChI=1S/C5H11BNO3/c7-6-5-1-3(9)4(2-8)10-5/h3-5,8-9H,1-2,7H2/t3?,4-,5-/m0/s1. The molecule has 0 aliphatic carbocycles. The van der Waals surface area contributed by atoms with Gasteiger partial charge in [0.25, 0.3) is 0 Å². The van der Waals surface area contributed by atoms with E-state index in [4.69, 9.17) is 20.6 Å². The maximum Gasteiger partial charge on any atom is 0.238 e. The lowest BCUT2D eigenvalue weighted by Crippen LogP contribution is -2.26. The quantitative estimate of drug-likeness (QED) is 0.393. The molecule has 0 amide bonds. The molecule has 0 bridgehead atoms. The first-order chi connectivity index (χ1) is 4.77. The summed E-state index contributed by atoms with van der Waals surface area (Å²) in [5.41, 5.74) is 5.17. The van der Waals surface area contributed by atoms with Gasteiger partial charge in [0.15, 0.2) is 0 Å². The lowest BCUT2D eigenvalue weighted by atomic mass is 9.85. The smallest absolute Gasteiger partial charge is 0.238 e. The molecule has 5 heteroatoms. The predicted octanol–water partition coefficient (Wildman–Crippen LogP) is -1.97. The molecule has 0 aromatic rings. The zero-order valence-electron chi connectivity index (χ0n) is 5.60. The van der Waals surface area contributed by atoms with Gasteiger partial charge in [0.05, 0.1) is 12.7 Å². The molecule has 0 spiro atoms. The van der Waals surface area contributed by atoms with Gasteiger partial charge >= 0.3 is 0 Å². The highest BCUT2D eigenvalue weighted by molar-refractivity contribution is 6.32. The average molecular weight is 144 g/mol. The normalized spacial score (nSPS) is 40.1. The lowest BCUT2D eigenvalue weighted by Gasteiger charge is -2.09. The zero-order valence-corrected chi connectivity index (χ0v) is 5.60. The third kappa shape index (κ3) is 1.49. The van der Waals surface area contributed by atoms with Gasteiger partial charge in [-0.15, -0.1) is 0 Å². The minimum absolute atomic E-state index is 0.147. The van der Waals surface area contributed by atoms with Gasteiger partial charge in [-0.2, -0.15) is 0 Å². The molecule has 1 aliphatic heterocycles. The van der Waals surface area contributed by atoms with E-state index in [1.54, 1.807) is 0 Å². The monoisotopic (exact) mass is 144 g/mol. The first kappa shape index (κ1) is 8.01. The summed E-state index contributed by atoms with van der Waals surface area (Å²) in [4.78, 5) is 0. The molecular formula is C5H11BNO3. The van der Waals surface area contributed by atoms with E-state index in [1.165, 1.54) is 7.41 Å². The van der Waals surface area contributed by atoms with Gasteiger partial charge in [-0.25, -0.2) is 0 Å². The molecule has 1 heterocycles. The van der Waals surface area contributed by atoms with Gasteiger partial charge in [0.1, 0.15) is 6.10 Å². The number of rotatable bonds is 2. The van der Waals surface area contributed by atoms with E-state index in [-0.39, 0.29) is 12.6 Å². The van der Waals surface area contributed by atoms with E-state index in [0.29, 0.717) is 6.42 Å². The molecule has 1 saturated heterocycles. The molecule has 4 nitrogen and oxygen atoms in total. The van der Waals surface area contributed by atoms with E-state index in [9.17, 15) is 0 Å². The molecule has 0 aromatic heterocycles. The summed E-state index contributed by atoms with van der Waals surface area (Å²) in [7, 11) is 1.39. The molecule has 3 atom stereocenters. The minimum Gasteiger partial charge on any atom is -0.394 e. The van der Waals surface area contributed by atoms with Crippen molar-refractivity contribution < 1.29 is 14.9 Å². The Morgan fingerprint density at radius 3 is 2.70 bits per heavy atom. The highest BCUT2D eigenvalue weighted by atomic mass is 16.5. The predicted molar refractivity (Wildman–Crippen MR) is 36.3 cm³/mol. The number of ether oxygens (including phenoxy) is 1. The van der Waals surface area contributed by atoms with Crippen LogP contribution in [0.2, 0.25) is 0 Å². The van der Waals surface area contributed by atoms with E-state index in [0.717, 1.165) is 0 Å². The number of hydrogen-bond acceptors (Lipinski definition) is 4. The molecule has 4 N–H and O–H groups in total. The van der Waals surface area contributed by atoms with Crippen LogP contribution in [0.5, 0.6) is 0 Å². The summed E-state index contributed by atoms with van der Waals surface area (Å²) in [6.07, 6.45) is -0.540. The lowest BCUT2D eigenvalue weighted by molar-refractivity contribution is -0.00477. The van der Waals surface area contributed by atoms with E-state index < -0.39 is 12.2 Å². The van der Waals surface area contributed by atoms with Crippen LogP contribution in [0.15, 0.2) is 0 Å². The highest BCUT2D eigenvalue weighted by Crippen LogP contribution is 2.17. The molecule has 1 fully saturated rings. The average Bonchev–Trinajstić information content (AvgIpc) is 2.30. The van der Waals surface area contributed by atoms with Crippen LogP contribution in [-0.2, 0) is 4.74 Å². The Labute approximate surface area is 60.2 Å². The number of nitrogens with two attached hydrogens (primary N) is 1. The second-order valence-corrected chi connectivity index (χ2v) is 2.39. The van der Waals surface area contributed by atoms with Crippen molar-refractivity contribution in [3.63, 3.8) is 0 Å². The maximum absolute atomic E-state index is 9.13. The second kappa shape index (κ2) is 3.34. The molecule has 0 aromatic carbocycles. The van der Waals surface area contributed by atoms with Gasteiger partial charge in [-0.3, -0.25) is 0 Å². The second-order valence-electron chi connectivity index (χ2n) is 2.39. The summed E-state index contributed by atoms with van der Waals surface area (Å²) >= 11 is 0. The van der Waals surface area contributed by atoms with Crippen molar-refractivity contribution >= 4 is 7.41 Å². The largest absolute Gasteiger partial charge is 0.394 e. The van der Waals surface area contributed by atoms with Crippen molar-refractivity contribution in [1.82, 2.24) is 0 Å². The zero-order chi connectivity index (χ0) is 7.56. The molecule has 10 heavy (non-hydrogen) atoms. The van der Waals surface area contributed by atoms with Crippen LogP contribution >= 0.6 is 0 Å². The van der Waals surface area contributed by atoms with Crippen LogP contribution in [0, 0.1) is 0 Å². The third-order valence-electron chi connectivity index (χ3n) is 1.65. The molecule has 57 valence electrons. The van der Waals surface area contributed by atoms with Crippen LogP contribution in [0.1, 0.15) is 6.42 Å². The molecule has 1 unspecified atom stereocenters. The van der Waals surface area contributed by atoms with Crippen molar-refractivity contribution in [2.75, 3.05) is 6.61 Å². The summed E-state index contributed by atoms with van der Waals surface area (Å²) < 4.78 is 5.09. The molecule has 1 radical (unpaired) electrons. The minimum atomic E-state index is -0.574. The SMILES string of the molecule is N[B][C@@H]1CC(O)[C@H](CO)O1. The topological polar surface area (TPSA) is 75.7 Å². The number of aliphatic hydroxyl groups is 2. The summed E-state index contributed by atoms with van der Waals surface area (Å²) in [5, 5.41) is 17.7. The highest BCUT2D eigenvalue weighted by Gasteiger charge is 2.32. The van der Waals surface area contributed by atoms with Crippen LogP contribution in [0.25, 0.3) is 0 Å².